The lowest BCUT2D eigenvalue weighted by molar-refractivity contribution is -0.116. The molecule has 0 unspecified atom stereocenters. The lowest BCUT2D eigenvalue weighted by Crippen LogP contribution is -2.46. The first kappa shape index (κ1) is 24.0. The van der Waals surface area contributed by atoms with Gasteiger partial charge >= 0.3 is 0 Å². The highest BCUT2D eigenvalue weighted by Gasteiger charge is 2.22. The molecule has 1 amide bonds. The Labute approximate surface area is 190 Å². The molecule has 1 fully saturated rings. The van der Waals surface area contributed by atoms with E-state index in [0.717, 1.165) is 56.0 Å². The van der Waals surface area contributed by atoms with E-state index in [1.54, 1.807) is 0 Å². The fourth-order valence-corrected chi connectivity index (χ4v) is 4.56. The van der Waals surface area contributed by atoms with Gasteiger partial charge in [0, 0.05) is 62.5 Å². The Morgan fingerprint density at radius 2 is 1.75 bits per heavy atom. The molecule has 172 valence electrons. The summed E-state index contributed by atoms with van der Waals surface area (Å²) in [6.07, 6.45) is 5.27. The third-order valence-electron chi connectivity index (χ3n) is 6.50. The van der Waals surface area contributed by atoms with Crippen molar-refractivity contribution in [3.63, 3.8) is 0 Å². The van der Waals surface area contributed by atoms with Crippen LogP contribution in [0.1, 0.15) is 54.1 Å². The molecule has 0 spiro atoms. The van der Waals surface area contributed by atoms with Crippen molar-refractivity contribution in [2.45, 2.75) is 45.4 Å². The van der Waals surface area contributed by atoms with E-state index in [0.29, 0.717) is 19.3 Å². The predicted octanol–water partition coefficient (Wildman–Crippen LogP) is 3.48. The Bertz CT molecular complexity index is 918. The van der Waals surface area contributed by atoms with Crippen molar-refractivity contribution in [3.05, 3.63) is 59.2 Å². The van der Waals surface area contributed by atoms with Crippen LogP contribution in [0.4, 0.5) is 11.4 Å². The number of ketones is 1. The molecule has 2 aromatic carbocycles. The summed E-state index contributed by atoms with van der Waals surface area (Å²) in [7, 11) is 0. The Hall–Kier alpha value is -2.70. The highest BCUT2D eigenvalue weighted by atomic mass is 16.1. The smallest absolute Gasteiger partial charge is 0.224 e. The number of benzene rings is 2. The van der Waals surface area contributed by atoms with Crippen LogP contribution in [-0.2, 0) is 17.6 Å². The van der Waals surface area contributed by atoms with Crippen molar-refractivity contribution in [2.75, 3.05) is 42.9 Å². The molecule has 0 bridgehead atoms. The second-order valence-corrected chi connectivity index (χ2v) is 8.65. The van der Waals surface area contributed by atoms with Crippen molar-refractivity contribution in [1.29, 1.82) is 0 Å². The standard InChI is InChI=1S/C26H33N3O2.H2O/c1-2-3-5-20-8-10-21(11-9-20)29-18-16-28(17-19-29)15-14-25(30)23-6-4-7-24-22(23)12-13-26(31)27-24;/h4,6-11H,2-3,5,12-19H2,1H3,(H,27,31);1H2. The molecule has 4 rings (SSSR count). The summed E-state index contributed by atoms with van der Waals surface area (Å²) >= 11 is 0. The van der Waals surface area contributed by atoms with Crippen LogP contribution in [-0.4, -0.2) is 54.8 Å². The number of hydrogen-bond acceptors (Lipinski definition) is 4. The minimum atomic E-state index is 0. The number of piperazine rings is 1. The first-order valence-electron chi connectivity index (χ1n) is 11.6. The largest absolute Gasteiger partial charge is 0.412 e. The van der Waals surface area contributed by atoms with Gasteiger partial charge < -0.3 is 15.7 Å². The van der Waals surface area contributed by atoms with E-state index >= 15 is 0 Å². The summed E-state index contributed by atoms with van der Waals surface area (Å²) in [5.41, 5.74) is 5.30. The molecule has 0 saturated carbocycles. The van der Waals surface area contributed by atoms with Gasteiger partial charge in [-0.2, -0.15) is 0 Å². The number of hydrogen-bond donors (Lipinski definition) is 1. The summed E-state index contributed by atoms with van der Waals surface area (Å²) in [4.78, 5) is 29.3. The summed E-state index contributed by atoms with van der Waals surface area (Å²) in [6.45, 7) is 6.97. The Morgan fingerprint density at radius 1 is 1.00 bits per heavy atom. The van der Waals surface area contributed by atoms with Gasteiger partial charge in [-0.05, 0) is 48.6 Å². The van der Waals surface area contributed by atoms with Crippen LogP contribution in [0.3, 0.4) is 0 Å². The zero-order valence-corrected chi connectivity index (χ0v) is 19.0. The predicted molar refractivity (Wildman–Crippen MR) is 130 cm³/mol. The number of rotatable bonds is 8. The van der Waals surface area contributed by atoms with Crippen molar-refractivity contribution in [1.82, 2.24) is 4.90 Å². The fourth-order valence-electron chi connectivity index (χ4n) is 4.56. The van der Waals surface area contributed by atoms with Gasteiger partial charge in [0.2, 0.25) is 5.91 Å². The van der Waals surface area contributed by atoms with E-state index in [1.807, 2.05) is 18.2 Å². The number of carbonyl (C=O) groups excluding carboxylic acids is 2. The monoisotopic (exact) mass is 437 g/mol. The number of nitrogens with one attached hydrogen (secondary N) is 1. The maximum absolute atomic E-state index is 12.9. The molecule has 1 saturated heterocycles. The van der Waals surface area contributed by atoms with Gasteiger partial charge in [0.05, 0.1) is 0 Å². The Balaban J connectivity index is 0.00000289. The van der Waals surface area contributed by atoms with E-state index in [1.165, 1.54) is 24.1 Å². The Morgan fingerprint density at radius 3 is 2.47 bits per heavy atom. The van der Waals surface area contributed by atoms with Crippen molar-refractivity contribution in [2.24, 2.45) is 0 Å². The number of fused-ring (bicyclic) bond motifs is 1. The molecule has 0 aliphatic carbocycles. The number of unbranched alkanes of at least 4 members (excludes halogenated alkanes) is 1. The van der Waals surface area contributed by atoms with E-state index in [4.69, 9.17) is 0 Å². The Kier molecular flexibility index (Phi) is 8.42. The molecule has 2 heterocycles. The van der Waals surface area contributed by atoms with E-state index in [-0.39, 0.29) is 17.2 Å². The van der Waals surface area contributed by atoms with E-state index in [2.05, 4.69) is 46.3 Å². The topological polar surface area (TPSA) is 84.2 Å². The molecule has 0 aromatic heterocycles. The summed E-state index contributed by atoms with van der Waals surface area (Å²) in [5.74, 6) is 0.212. The third kappa shape index (κ3) is 5.75. The van der Waals surface area contributed by atoms with Gasteiger partial charge in [-0.3, -0.25) is 14.5 Å². The minimum absolute atomic E-state index is 0. The van der Waals surface area contributed by atoms with Gasteiger partial charge in [0.1, 0.15) is 0 Å². The van der Waals surface area contributed by atoms with Crippen LogP contribution in [0.15, 0.2) is 42.5 Å². The molecule has 6 nitrogen and oxygen atoms in total. The summed E-state index contributed by atoms with van der Waals surface area (Å²) in [5, 5.41) is 2.89. The van der Waals surface area contributed by atoms with Crippen LogP contribution in [0.2, 0.25) is 0 Å². The number of anilines is 2. The highest BCUT2D eigenvalue weighted by molar-refractivity contribution is 6.02. The molecular formula is C26H35N3O3. The zero-order chi connectivity index (χ0) is 21.6. The normalized spacial score (nSPS) is 16.2. The van der Waals surface area contributed by atoms with E-state index < -0.39 is 0 Å². The minimum Gasteiger partial charge on any atom is -0.412 e. The number of carbonyl (C=O) groups is 2. The maximum Gasteiger partial charge on any atom is 0.224 e. The average molecular weight is 438 g/mol. The van der Waals surface area contributed by atoms with Crippen LogP contribution >= 0.6 is 0 Å². The number of aryl methyl sites for hydroxylation is 1. The van der Waals surface area contributed by atoms with Gasteiger partial charge in [-0.15, -0.1) is 0 Å². The third-order valence-corrected chi connectivity index (χ3v) is 6.50. The van der Waals surface area contributed by atoms with Crippen molar-refractivity contribution in [3.8, 4) is 0 Å². The molecular weight excluding hydrogens is 402 g/mol. The van der Waals surface area contributed by atoms with E-state index in [9.17, 15) is 9.59 Å². The van der Waals surface area contributed by atoms with Crippen molar-refractivity contribution >= 4 is 23.1 Å². The molecule has 0 radical (unpaired) electrons. The quantitative estimate of drug-likeness (QED) is 0.641. The average Bonchev–Trinajstić information content (AvgIpc) is 2.81. The fraction of sp³-hybridized carbons (Fsp3) is 0.462. The van der Waals surface area contributed by atoms with Crippen LogP contribution in [0, 0.1) is 0 Å². The molecule has 3 N–H and O–H groups in total. The van der Waals surface area contributed by atoms with Crippen LogP contribution < -0.4 is 10.2 Å². The first-order valence-corrected chi connectivity index (χ1v) is 11.6. The lowest BCUT2D eigenvalue weighted by atomic mass is 9.94. The SMILES string of the molecule is CCCCc1ccc(N2CCN(CCC(=O)c3cccc4c3CCC(=O)N4)CC2)cc1.O. The maximum atomic E-state index is 12.9. The van der Waals surface area contributed by atoms with Gasteiger partial charge in [0.15, 0.2) is 5.78 Å². The van der Waals surface area contributed by atoms with Gasteiger partial charge in [-0.1, -0.05) is 37.6 Å². The molecule has 32 heavy (non-hydrogen) atoms. The molecule has 2 aromatic rings. The molecule has 0 atom stereocenters. The first-order chi connectivity index (χ1) is 15.1. The zero-order valence-electron chi connectivity index (χ0n) is 19.0. The molecule has 2 aliphatic rings. The van der Waals surface area contributed by atoms with Gasteiger partial charge in [0.25, 0.3) is 0 Å². The number of amides is 1. The second kappa shape index (κ2) is 11.2. The molecule has 6 heteroatoms. The number of nitrogens with zero attached hydrogens (tertiary/aromatic N) is 2. The van der Waals surface area contributed by atoms with Crippen LogP contribution in [0.25, 0.3) is 0 Å². The second-order valence-electron chi connectivity index (χ2n) is 8.65. The highest BCUT2D eigenvalue weighted by Crippen LogP contribution is 2.27. The lowest BCUT2D eigenvalue weighted by Gasteiger charge is -2.36. The summed E-state index contributed by atoms with van der Waals surface area (Å²) in [6, 6.07) is 14.7. The van der Waals surface area contributed by atoms with Crippen molar-refractivity contribution < 1.29 is 15.1 Å². The van der Waals surface area contributed by atoms with Crippen LogP contribution in [0.5, 0.6) is 0 Å². The van der Waals surface area contributed by atoms with Gasteiger partial charge in [-0.25, -0.2) is 0 Å². The molecule has 2 aliphatic heterocycles. The summed E-state index contributed by atoms with van der Waals surface area (Å²) < 4.78 is 0. The number of Topliss-reactive ketones (excluding diaryl/α,β-unsaturated/α-hetero) is 1.